The number of carbonyl (C=O) groups is 11. The number of nitrogens with one attached hydrogen (secondary N) is 11. The Morgan fingerprint density at radius 2 is 1.03 bits per heavy atom. The highest BCUT2D eigenvalue weighted by Gasteiger charge is 2.37. The first-order chi connectivity index (χ1) is 37.4. The van der Waals surface area contributed by atoms with Crippen LogP contribution in [0.4, 0.5) is 0 Å². The maximum absolute atomic E-state index is 14.3. The van der Waals surface area contributed by atoms with Gasteiger partial charge in [-0.3, -0.25) is 52.7 Å². The molecule has 1 fully saturated rings. The van der Waals surface area contributed by atoms with E-state index in [1.165, 1.54) is 13.8 Å². The molecule has 0 saturated carbocycles. The van der Waals surface area contributed by atoms with Gasteiger partial charge in [-0.2, -0.15) is 0 Å². The van der Waals surface area contributed by atoms with Gasteiger partial charge in [0, 0.05) is 13.0 Å². The minimum atomic E-state index is -1.70. The van der Waals surface area contributed by atoms with Crippen LogP contribution in [0.3, 0.4) is 0 Å². The second-order valence-electron chi connectivity index (χ2n) is 19.9. The Labute approximate surface area is 461 Å². The van der Waals surface area contributed by atoms with Crippen LogP contribution in [-0.2, 0) is 52.7 Å². The molecule has 30 nitrogen and oxygen atoms in total. The second-order valence-corrected chi connectivity index (χ2v) is 19.9. The average molecular weight is 1130 g/mol. The van der Waals surface area contributed by atoms with Gasteiger partial charge in [-0.15, -0.1) is 0 Å². The summed E-state index contributed by atoms with van der Waals surface area (Å²) >= 11 is 0. The molecule has 30 heteroatoms. The van der Waals surface area contributed by atoms with Gasteiger partial charge in [-0.25, -0.2) is 0 Å². The quantitative estimate of drug-likeness (QED) is 0.0324. The molecule has 11 amide bonds. The average Bonchev–Trinajstić information content (AvgIpc) is 3.38. The van der Waals surface area contributed by atoms with Crippen molar-refractivity contribution in [3.63, 3.8) is 0 Å². The van der Waals surface area contributed by atoms with Crippen LogP contribution in [0.15, 0.2) is 0 Å². The molecule has 0 aromatic carbocycles. The lowest BCUT2D eigenvalue weighted by Gasteiger charge is -2.29. The smallest absolute Gasteiger partial charge is 0.245 e. The van der Waals surface area contributed by atoms with Crippen LogP contribution in [0, 0.1) is 5.92 Å². The monoisotopic (exact) mass is 1130 g/mol. The number of aliphatic hydroxyl groups is 3. The Balaban J connectivity index is 3.77. The summed E-state index contributed by atoms with van der Waals surface area (Å²) in [5.41, 5.74) is 29.0. The third-order valence-electron chi connectivity index (χ3n) is 12.6. The zero-order valence-corrected chi connectivity index (χ0v) is 46.4. The fraction of sp³-hybridized carbons (Fsp3) is 0.776. The van der Waals surface area contributed by atoms with Crippen LogP contribution >= 0.6 is 0 Å². The van der Waals surface area contributed by atoms with E-state index in [4.69, 9.17) is 28.7 Å². The van der Waals surface area contributed by atoms with Crippen molar-refractivity contribution >= 4 is 65.0 Å². The molecule has 1 aliphatic rings. The number of hydrogen-bond donors (Lipinski definition) is 19. The highest BCUT2D eigenvalue weighted by Crippen LogP contribution is 2.10. The van der Waals surface area contributed by atoms with Gasteiger partial charge in [0.15, 0.2) is 0 Å². The molecule has 1 saturated heterocycles. The van der Waals surface area contributed by atoms with Gasteiger partial charge in [0.05, 0.1) is 18.8 Å². The van der Waals surface area contributed by atoms with E-state index in [1.54, 1.807) is 13.8 Å². The van der Waals surface area contributed by atoms with Gasteiger partial charge in [0.2, 0.25) is 65.0 Å². The number of aliphatic hydroxyl groups excluding tert-OH is 3. The molecule has 24 N–H and O–H groups in total. The molecule has 0 spiro atoms. The van der Waals surface area contributed by atoms with Crippen LogP contribution in [-0.4, -0.2) is 199 Å². The number of rotatable bonds is 28. The molecule has 0 aliphatic carbocycles. The van der Waals surface area contributed by atoms with Gasteiger partial charge in [-0.1, -0.05) is 46.5 Å². The summed E-state index contributed by atoms with van der Waals surface area (Å²) in [5.74, 6) is -10.6. The van der Waals surface area contributed by atoms with Crippen LogP contribution in [0.25, 0.3) is 0 Å². The summed E-state index contributed by atoms with van der Waals surface area (Å²) < 4.78 is 0. The molecule has 1 heterocycles. The Morgan fingerprint density at radius 3 is 1.51 bits per heavy atom. The third-order valence-corrected chi connectivity index (χ3v) is 12.6. The molecule has 0 aromatic rings. The predicted octanol–water partition coefficient (Wildman–Crippen LogP) is -7.74. The topological polar surface area (TPSA) is 511 Å². The Bertz CT molecular complexity index is 1980. The SMILES string of the molecule is CCCCCCCC(=O)N[C@@H](CCN)C(=O)N[C@H](C(=O)N[C@H](CCN)C(=O)N[C@H]1CCNC(=O)[C@H]([C@@H](C)O)NC(=O)[C@H](CCN)NC(=O)[C@H](CCN)NC(=O)[C@H](CO)NC(=O)[C@@H](CC(C)C)NC(=O)[C@H](CCN)NC1=O)[C@@H](C)O. The minimum Gasteiger partial charge on any atom is -0.394 e. The third kappa shape index (κ3) is 26.1. The number of hydrogen-bond acceptors (Lipinski definition) is 19. The standard InChI is InChI=1S/C49H92N16O14/c1-6-7-8-9-10-11-37(69)56-29(12-18-50)44(74)65-39(28(5)68)49(79)61-32(15-21-53)41(71)60-34-17-23-55-48(78)38(27(4)67)64-45(75)33(16-22-54)58-40(70)30(13-19-51)59-47(77)36(25-66)63-46(76)35(24-26(2)3)62-42(72)31(14-20-52)57-43(34)73/h26-36,38-39,66-68H,6-25,50-54H2,1-5H3,(H,55,78)(H,56,69)(H,57,73)(H,58,70)(H,59,77)(H,60,71)(H,61,79)(H,62,72)(H,63,76)(H,64,75)(H,65,74)/t27-,28-,29+,30+,31+,32-,33+,34+,35-,36+,38+,39+/m1/s1. The summed E-state index contributed by atoms with van der Waals surface area (Å²) in [5, 5.41) is 58.7. The summed E-state index contributed by atoms with van der Waals surface area (Å²) in [6.45, 7) is 5.62. The van der Waals surface area contributed by atoms with E-state index in [0.29, 0.717) is 6.42 Å². The van der Waals surface area contributed by atoms with E-state index in [-0.39, 0.29) is 83.6 Å². The van der Waals surface area contributed by atoms with Gasteiger partial charge < -0.3 is 102 Å². The zero-order chi connectivity index (χ0) is 59.8. The second kappa shape index (κ2) is 38.5. The van der Waals surface area contributed by atoms with Crippen LogP contribution < -0.4 is 87.2 Å². The number of nitrogens with two attached hydrogens (primary N) is 5. The molecular weight excluding hydrogens is 1040 g/mol. The van der Waals surface area contributed by atoms with Gasteiger partial charge >= 0.3 is 0 Å². The van der Waals surface area contributed by atoms with Gasteiger partial charge in [0.25, 0.3) is 0 Å². The molecule has 1 aliphatic heterocycles. The lowest BCUT2D eigenvalue weighted by molar-refractivity contribution is -0.137. The van der Waals surface area contributed by atoms with E-state index in [2.05, 4.69) is 65.4 Å². The van der Waals surface area contributed by atoms with Gasteiger partial charge in [-0.05, 0) is 104 Å². The molecular formula is C49H92N16O14. The van der Waals surface area contributed by atoms with E-state index >= 15 is 0 Å². The lowest BCUT2D eigenvalue weighted by Crippen LogP contribution is -2.62. The van der Waals surface area contributed by atoms with E-state index in [9.17, 15) is 68.1 Å². The van der Waals surface area contributed by atoms with Crippen molar-refractivity contribution in [1.82, 2.24) is 58.5 Å². The number of amides is 11. The van der Waals surface area contributed by atoms with Crippen molar-refractivity contribution < 1.29 is 68.1 Å². The summed E-state index contributed by atoms with van der Waals surface area (Å²) in [7, 11) is 0. The van der Waals surface area contributed by atoms with Crippen molar-refractivity contribution in [2.24, 2.45) is 34.6 Å². The van der Waals surface area contributed by atoms with Crippen LogP contribution in [0.5, 0.6) is 0 Å². The largest absolute Gasteiger partial charge is 0.394 e. The fourth-order valence-electron chi connectivity index (χ4n) is 8.16. The molecule has 0 radical (unpaired) electrons. The molecule has 452 valence electrons. The van der Waals surface area contributed by atoms with E-state index in [1.807, 2.05) is 0 Å². The Hall–Kier alpha value is -6.15. The van der Waals surface area contributed by atoms with Crippen LogP contribution in [0.2, 0.25) is 0 Å². The number of unbranched alkanes of at least 4 members (excludes halogenated alkanes) is 4. The highest BCUT2D eigenvalue weighted by atomic mass is 16.3. The lowest BCUT2D eigenvalue weighted by atomic mass is 10.0. The van der Waals surface area contributed by atoms with Crippen molar-refractivity contribution in [2.45, 2.75) is 191 Å². The highest BCUT2D eigenvalue weighted by molar-refractivity contribution is 5.99. The summed E-state index contributed by atoms with van der Waals surface area (Å²) in [4.78, 5) is 151. The van der Waals surface area contributed by atoms with Crippen molar-refractivity contribution in [3.05, 3.63) is 0 Å². The summed E-state index contributed by atoms with van der Waals surface area (Å²) in [6.07, 6.45) is -0.0879. The molecule has 1 rings (SSSR count). The molecule has 0 bridgehead atoms. The number of carbonyl (C=O) groups excluding carboxylic acids is 11. The van der Waals surface area contributed by atoms with Crippen molar-refractivity contribution in [2.75, 3.05) is 45.9 Å². The molecule has 0 unspecified atom stereocenters. The molecule has 0 aromatic heterocycles. The van der Waals surface area contributed by atoms with Gasteiger partial charge in [0.1, 0.15) is 60.4 Å². The predicted molar refractivity (Wildman–Crippen MR) is 289 cm³/mol. The first kappa shape index (κ1) is 70.9. The van der Waals surface area contributed by atoms with E-state index in [0.717, 1.165) is 25.7 Å². The molecule has 12 atom stereocenters. The Morgan fingerprint density at radius 1 is 0.557 bits per heavy atom. The minimum absolute atomic E-state index is 0.0179. The Kier molecular flexibility index (Phi) is 34.5. The summed E-state index contributed by atoms with van der Waals surface area (Å²) in [6, 6.07) is -15.3. The van der Waals surface area contributed by atoms with Crippen molar-refractivity contribution in [3.8, 4) is 0 Å². The fourth-order valence-corrected chi connectivity index (χ4v) is 8.16. The molecule has 79 heavy (non-hydrogen) atoms. The van der Waals surface area contributed by atoms with E-state index < -0.39 is 157 Å². The first-order valence-electron chi connectivity index (χ1n) is 27.2. The maximum atomic E-state index is 14.3. The maximum Gasteiger partial charge on any atom is 0.245 e. The zero-order valence-electron chi connectivity index (χ0n) is 46.4. The first-order valence-corrected chi connectivity index (χ1v) is 27.2. The van der Waals surface area contributed by atoms with Crippen molar-refractivity contribution in [1.29, 1.82) is 0 Å². The van der Waals surface area contributed by atoms with Crippen LogP contribution in [0.1, 0.15) is 118 Å². The normalized spacial score (nSPS) is 23.4.